The minimum absolute atomic E-state index is 0.130. The maximum absolute atomic E-state index is 13.0. The Kier molecular flexibility index (Phi) is 6.76. The fourth-order valence-corrected chi connectivity index (χ4v) is 3.46. The van der Waals surface area contributed by atoms with Gasteiger partial charge in [0.25, 0.3) is 11.8 Å². The summed E-state index contributed by atoms with van der Waals surface area (Å²) >= 11 is 1.50. The zero-order chi connectivity index (χ0) is 19.8. The molecule has 0 saturated heterocycles. The van der Waals surface area contributed by atoms with Crippen molar-refractivity contribution in [1.82, 2.24) is 10.6 Å². The van der Waals surface area contributed by atoms with E-state index in [2.05, 4.69) is 10.6 Å². The number of hydrogen-bond donors (Lipinski definition) is 2. The normalized spacial score (nSPS) is 12.2. The SMILES string of the molecule is CCC(NC(=O)/C(=C/c1cccs1)NC(=O)c1ccccc1)c1ccccc1. The molecule has 5 heteroatoms. The van der Waals surface area contributed by atoms with Gasteiger partial charge >= 0.3 is 0 Å². The summed E-state index contributed by atoms with van der Waals surface area (Å²) in [5.41, 5.74) is 1.76. The highest BCUT2D eigenvalue weighted by Crippen LogP contribution is 2.18. The number of rotatable bonds is 7. The van der Waals surface area contributed by atoms with Crippen LogP contribution in [-0.2, 0) is 4.79 Å². The highest BCUT2D eigenvalue weighted by Gasteiger charge is 2.18. The lowest BCUT2D eigenvalue weighted by molar-refractivity contribution is -0.118. The van der Waals surface area contributed by atoms with Crippen molar-refractivity contribution >= 4 is 29.2 Å². The summed E-state index contributed by atoms with van der Waals surface area (Å²) in [7, 11) is 0. The maximum Gasteiger partial charge on any atom is 0.268 e. The molecule has 2 N–H and O–H groups in total. The summed E-state index contributed by atoms with van der Waals surface area (Å²) in [6.45, 7) is 2.02. The molecule has 3 rings (SSSR count). The molecular weight excluding hydrogens is 368 g/mol. The second-order valence-corrected chi connectivity index (χ2v) is 7.22. The van der Waals surface area contributed by atoms with E-state index in [9.17, 15) is 9.59 Å². The van der Waals surface area contributed by atoms with E-state index in [1.54, 1.807) is 30.3 Å². The minimum Gasteiger partial charge on any atom is -0.344 e. The molecular formula is C23H22N2O2S. The summed E-state index contributed by atoms with van der Waals surface area (Å²) in [5, 5.41) is 7.73. The Balaban J connectivity index is 1.82. The van der Waals surface area contributed by atoms with Crippen LogP contribution in [0.25, 0.3) is 6.08 Å². The Morgan fingerprint density at radius 1 is 0.964 bits per heavy atom. The summed E-state index contributed by atoms with van der Waals surface area (Å²) in [6, 6.07) is 22.4. The van der Waals surface area contributed by atoms with E-state index in [4.69, 9.17) is 0 Å². The van der Waals surface area contributed by atoms with Crippen LogP contribution in [0.15, 0.2) is 83.9 Å². The van der Waals surface area contributed by atoms with Gasteiger partial charge in [0.05, 0.1) is 6.04 Å². The van der Waals surface area contributed by atoms with Gasteiger partial charge in [0.2, 0.25) is 0 Å². The summed E-state index contributed by atoms with van der Waals surface area (Å²) in [4.78, 5) is 26.5. The molecule has 0 fully saturated rings. The zero-order valence-electron chi connectivity index (χ0n) is 15.6. The van der Waals surface area contributed by atoms with Crippen LogP contribution < -0.4 is 10.6 Å². The molecule has 2 amide bonds. The molecule has 1 atom stereocenters. The molecule has 0 bridgehead atoms. The number of amides is 2. The van der Waals surface area contributed by atoms with Gasteiger partial charge in [-0.1, -0.05) is 61.5 Å². The van der Waals surface area contributed by atoms with Crippen molar-refractivity contribution in [2.24, 2.45) is 0 Å². The van der Waals surface area contributed by atoms with Crippen molar-refractivity contribution in [3.05, 3.63) is 99.9 Å². The molecule has 0 saturated carbocycles. The Morgan fingerprint density at radius 3 is 2.25 bits per heavy atom. The van der Waals surface area contributed by atoms with Gasteiger partial charge in [-0.15, -0.1) is 11.3 Å². The first-order valence-electron chi connectivity index (χ1n) is 9.14. The first-order chi connectivity index (χ1) is 13.7. The van der Waals surface area contributed by atoms with Crippen molar-refractivity contribution in [2.75, 3.05) is 0 Å². The molecule has 4 nitrogen and oxygen atoms in total. The smallest absolute Gasteiger partial charge is 0.268 e. The lowest BCUT2D eigenvalue weighted by Crippen LogP contribution is -2.36. The molecule has 1 heterocycles. The molecule has 1 unspecified atom stereocenters. The third-order valence-corrected chi connectivity index (χ3v) is 5.09. The van der Waals surface area contributed by atoms with Crippen LogP contribution >= 0.6 is 11.3 Å². The van der Waals surface area contributed by atoms with E-state index >= 15 is 0 Å². The fraction of sp³-hybridized carbons (Fsp3) is 0.130. The number of hydrogen-bond acceptors (Lipinski definition) is 3. The standard InChI is InChI=1S/C23H22N2O2S/c1-2-20(17-10-5-3-6-11-17)24-23(27)21(16-19-14-9-15-28-19)25-22(26)18-12-7-4-8-13-18/h3-16,20H,2H2,1H3,(H,24,27)(H,25,26)/b21-16-. The van der Waals surface area contributed by atoms with Crippen LogP contribution in [0.2, 0.25) is 0 Å². The molecule has 0 aliphatic rings. The largest absolute Gasteiger partial charge is 0.344 e. The topological polar surface area (TPSA) is 58.2 Å². The van der Waals surface area contributed by atoms with Crippen molar-refractivity contribution in [3.63, 3.8) is 0 Å². The van der Waals surface area contributed by atoms with Gasteiger partial charge in [-0.05, 0) is 41.6 Å². The molecule has 3 aromatic rings. The molecule has 28 heavy (non-hydrogen) atoms. The minimum atomic E-state index is -0.314. The molecule has 2 aromatic carbocycles. The maximum atomic E-state index is 13.0. The van der Waals surface area contributed by atoms with E-state index in [1.165, 1.54) is 11.3 Å². The number of nitrogens with one attached hydrogen (secondary N) is 2. The van der Waals surface area contributed by atoms with Gasteiger partial charge in [-0.25, -0.2) is 0 Å². The predicted molar refractivity (Wildman–Crippen MR) is 114 cm³/mol. The van der Waals surface area contributed by atoms with E-state index in [-0.39, 0.29) is 23.6 Å². The molecule has 0 aliphatic carbocycles. The second kappa shape index (κ2) is 9.67. The molecule has 0 spiro atoms. The quantitative estimate of drug-likeness (QED) is 0.570. The lowest BCUT2D eigenvalue weighted by atomic mass is 10.0. The van der Waals surface area contributed by atoms with Crippen LogP contribution in [0.3, 0.4) is 0 Å². The number of thiophene rings is 1. The predicted octanol–water partition coefficient (Wildman–Crippen LogP) is 4.79. The van der Waals surface area contributed by atoms with Crippen molar-refractivity contribution in [1.29, 1.82) is 0 Å². The molecule has 142 valence electrons. The van der Waals surface area contributed by atoms with Crippen LogP contribution in [0.4, 0.5) is 0 Å². The van der Waals surface area contributed by atoms with Gasteiger partial charge in [-0.3, -0.25) is 9.59 Å². The number of benzene rings is 2. The van der Waals surface area contributed by atoms with Crippen LogP contribution in [-0.4, -0.2) is 11.8 Å². The lowest BCUT2D eigenvalue weighted by Gasteiger charge is -2.19. The summed E-state index contributed by atoms with van der Waals surface area (Å²) in [5.74, 6) is -0.625. The van der Waals surface area contributed by atoms with Crippen LogP contribution in [0.1, 0.15) is 40.2 Å². The Morgan fingerprint density at radius 2 is 1.64 bits per heavy atom. The Hall–Kier alpha value is -3.18. The zero-order valence-corrected chi connectivity index (χ0v) is 16.4. The van der Waals surface area contributed by atoms with Crippen molar-refractivity contribution in [3.8, 4) is 0 Å². The summed E-state index contributed by atoms with van der Waals surface area (Å²) < 4.78 is 0. The first-order valence-corrected chi connectivity index (χ1v) is 10.0. The highest BCUT2D eigenvalue weighted by atomic mass is 32.1. The third-order valence-electron chi connectivity index (χ3n) is 4.27. The Bertz CT molecular complexity index is 935. The van der Waals surface area contributed by atoms with Gasteiger partial charge < -0.3 is 10.6 Å². The van der Waals surface area contributed by atoms with Crippen molar-refractivity contribution in [2.45, 2.75) is 19.4 Å². The van der Waals surface area contributed by atoms with Gasteiger partial charge in [-0.2, -0.15) is 0 Å². The van der Waals surface area contributed by atoms with E-state index in [0.717, 1.165) is 16.9 Å². The monoisotopic (exact) mass is 390 g/mol. The van der Waals surface area contributed by atoms with E-state index < -0.39 is 0 Å². The average molecular weight is 391 g/mol. The highest BCUT2D eigenvalue weighted by molar-refractivity contribution is 7.10. The van der Waals surface area contributed by atoms with Gasteiger partial charge in [0.1, 0.15) is 5.70 Å². The molecule has 1 aromatic heterocycles. The fourth-order valence-electron chi connectivity index (χ4n) is 2.80. The van der Waals surface area contributed by atoms with Gasteiger partial charge in [0, 0.05) is 10.4 Å². The van der Waals surface area contributed by atoms with Gasteiger partial charge in [0.15, 0.2) is 0 Å². The Labute approximate surface area is 168 Å². The molecule has 0 radical (unpaired) electrons. The molecule has 0 aliphatic heterocycles. The van der Waals surface area contributed by atoms with Crippen molar-refractivity contribution < 1.29 is 9.59 Å². The average Bonchev–Trinajstić information content (AvgIpc) is 3.25. The summed E-state index contributed by atoms with van der Waals surface area (Å²) in [6.07, 6.45) is 2.45. The first kappa shape index (κ1) is 19.6. The van der Waals surface area contributed by atoms with E-state index in [0.29, 0.717) is 5.56 Å². The van der Waals surface area contributed by atoms with Crippen LogP contribution in [0, 0.1) is 0 Å². The van der Waals surface area contributed by atoms with Crippen LogP contribution in [0.5, 0.6) is 0 Å². The van der Waals surface area contributed by atoms with E-state index in [1.807, 2.05) is 60.8 Å². The second-order valence-electron chi connectivity index (χ2n) is 6.24. The third kappa shape index (κ3) is 5.18. The number of carbonyl (C=O) groups excluding carboxylic acids is 2. The number of carbonyl (C=O) groups is 2.